The van der Waals surface area contributed by atoms with Gasteiger partial charge >= 0.3 is 0 Å². The third kappa shape index (κ3) is 2.81. The van der Waals surface area contributed by atoms with Crippen LogP contribution in [-0.4, -0.2) is 36.5 Å². The Balaban J connectivity index is 1.87. The molecule has 3 unspecified atom stereocenters. The van der Waals surface area contributed by atoms with Crippen molar-refractivity contribution in [1.82, 2.24) is 0 Å². The van der Waals surface area contributed by atoms with Gasteiger partial charge in [0.25, 0.3) is 0 Å². The first-order valence-electron chi connectivity index (χ1n) is 7.79. The van der Waals surface area contributed by atoms with Crippen molar-refractivity contribution >= 4 is 17.3 Å². The summed E-state index contributed by atoms with van der Waals surface area (Å²) in [5.41, 5.74) is 0.823. The van der Waals surface area contributed by atoms with Crippen LogP contribution in [0.25, 0.3) is 0 Å². The lowest BCUT2D eigenvalue weighted by Crippen LogP contribution is -2.52. The first-order chi connectivity index (χ1) is 10.5. The number of halogens is 1. The van der Waals surface area contributed by atoms with E-state index in [1.807, 2.05) is 19.1 Å². The van der Waals surface area contributed by atoms with E-state index < -0.39 is 5.60 Å². The minimum Gasteiger partial charge on any atom is -0.390 e. The predicted octanol–water partition coefficient (Wildman–Crippen LogP) is 2.97. The Morgan fingerprint density at radius 1 is 1.50 bits per heavy atom. The first-order valence-corrected chi connectivity index (χ1v) is 8.17. The van der Waals surface area contributed by atoms with Gasteiger partial charge in [0.15, 0.2) is 0 Å². The standard InChI is InChI=1S/C17H21ClN2O2/c1-17(21)6-8-22-11-14(17)16-3-2-7-20(16)13-5-4-12(10-19)15(18)9-13/h4-5,9,14,16,21H,2-3,6-8,11H2,1H3. The Bertz CT molecular complexity index is 597. The van der Waals surface area contributed by atoms with Crippen LogP contribution in [0, 0.1) is 17.2 Å². The van der Waals surface area contributed by atoms with Gasteiger partial charge in [-0.1, -0.05) is 11.6 Å². The van der Waals surface area contributed by atoms with Crippen LogP contribution in [0.1, 0.15) is 31.7 Å². The number of anilines is 1. The molecule has 0 saturated carbocycles. The molecule has 0 amide bonds. The minimum atomic E-state index is -0.693. The SMILES string of the molecule is CC1(O)CCOCC1C1CCCN1c1ccc(C#N)c(Cl)c1. The van der Waals surface area contributed by atoms with Crippen LogP contribution < -0.4 is 4.90 Å². The monoisotopic (exact) mass is 320 g/mol. The molecular formula is C17H21ClN2O2. The Morgan fingerprint density at radius 2 is 2.32 bits per heavy atom. The second-order valence-corrected chi connectivity index (χ2v) is 6.87. The van der Waals surface area contributed by atoms with Gasteiger partial charge in [-0.05, 0) is 44.4 Å². The summed E-state index contributed by atoms with van der Waals surface area (Å²) in [6, 6.07) is 7.91. The van der Waals surface area contributed by atoms with Gasteiger partial charge in [-0.3, -0.25) is 0 Å². The fraction of sp³-hybridized carbons (Fsp3) is 0.588. The molecule has 3 atom stereocenters. The maximum atomic E-state index is 10.7. The van der Waals surface area contributed by atoms with Crippen LogP contribution in [-0.2, 0) is 4.74 Å². The van der Waals surface area contributed by atoms with Gasteiger partial charge in [-0.25, -0.2) is 0 Å². The summed E-state index contributed by atoms with van der Waals surface area (Å²) in [4.78, 5) is 2.31. The number of hydrogen-bond donors (Lipinski definition) is 1. The number of benzene rings is 1. The van der Waals surface area contributed by atoms with Gasteiger partial charge in [0, 0.05) is 30.8 Å². The van der Waals surface area contributed by atoms with Gasteiger partial charge in [0.2, 0.25) is 0 Å². The van der Waals surface area contributed by atoms with E-state index in [1.165, 1.54) is 0 Å². The van der Waals surface area contributed by atoms with E-state index in [0.717, 1.165) is 25.1 Å². The Labute approximate surface area is 136 Å². The van der Waals surface area contributed by atoms with Crippen molar-refractivity contribution < 1.29 is 9.84 Å². The number of ether oxygens (including phenoxy) is 1. The van der Waals surface area contributed by atoms with E-state index in [0.29, 0.717) is 30.2 Å². The summed E-state index contributed by atoms with van der Waals surface area (Å²) in [5, 5.41) is 20.2. The van der Waals surface area contributed by atoms with Crippen LogP contribution in [0.2, 0.25) is 5.02 Å². The second-order valence-electron chi connectivity index (χ2n) is 6.47. The largest absolute Gasteiger partial charge is 0.390 e. The average molecular weight is 321 g/mol. The molecular weight excluding hydrogens is 300 g/mol. The normalized spacial score (nSPS) is 32.0. The van der Waals surface area contributed by atoms with Crippen molar-refractivity contribution in [3.63, 3.8) is 0 Å². The molecule has 1 N–H and O–H groups in total. The van der Waals surface area contributed by atoms with Crippen LogP contribution in [0.3, 0.4) is 0 Å². The Kier molecular flexibility index (Phi) is 4.31. The number of aliphatic hydroxyl groups is 1. The fourth-order valence-electron chi connectivity index (χ4n) is 3.68. The van der Waals surface area contributed by atoms with Crippen molar-refractivity contribution in [2.45, 2.75) is 37.8 Å². The molecule has 5 heteroatoms. The highest BCUT2D eigenvalue weighted by molar-refractivity contribution is 6.32. The van der Waals surface area contributed by atoms with Gasteiger partial charge in [-0.2, -0.15) is 5.26 Å². The lowest BCUT2D eigenvalue weighted by Gasteiger charge is -2.43. The summed E-state index contributed by atoms with van der Waals surface area (Å²) < 4.78 is 5.62. The predicted molar refractivity (Wildman–Crippen MR) is 86.1 cm³/mol. The van der Waals surface area contributed by atoms with E-state index >= 15 is 0 Å². The van der Waals surface area contributed by atoms with E-state index in [2.05, 4.69) is 11.0 Å². The summed E-state index contributed by atoms with van der Waals surface area (Å²) in [6.07, 6.45) is 2.81. The van der Waals surface area contributed by atoms with Crippen molar-refractivity contribution in [2.75, 3.05) is 24.7 Å². The molecule has 2 saturated heterocycles. The summed E-state index contributed by atoms with van der Waals surface area (Å²) in [6.45, 7) is 4.08. The molecule has 0 aliphatic carbocycles. The fourth-order valence-corrected chi connectivity index (χ4v) is 3.90. The minimum absolute atomic E-state index is 0.0955. The zero-order valence-electron chi connectivity index (χ0n) is 12.8. The summed E-state index contributed by atoms with van der Waals surface area (Å²) in [5.74, 6) is 0.0955. The van der Waals surface area contributed by atoms with Gasteiger partial charge in [0.1, 0.15) is 6.07 Å². The number of hydrogen-bond acceptors (Lipinski definition) is 4. The molecule has 3 rings (SSSR count). The van der Waals surface area contributed by atoms with Crippen molar-refractivity contribution in [3.05, 3.63) is 28.8 Å². The highest BCUT2D eigenvalue weighted by Crippen LogP contribution is 2.38. The molecule has 22 heavy (non-hydrogen) atoms. The number of nitriles is 1. The number of rotatable bonds is 2. The maximum absolute atomic E-state index is 10.7. The molecule has 118 valence electrons. The molecule has 0 bridgehead atoms. The highest BCUT2D eigenvalue weighted by atomic mass is 35.5. The molecule has 0 radical (unpaired) electrons. The van der Waals surface area contributed by atoms with Crippen molar-refractivity contribution in [1.29, 1.82) is 5.26 Å². The summed E-state index contributed by atoms with van der Waals surface area (Å²) in [7, 11) is 0. The van der Waals surface area contributed by atoms with Crippen molar-refractivity contribution in [3.8, 4) is 6.07 Å². The second kappa shape index (κ2) is 6.08. The van der Waals surface area contributed by atoms with Crippen LogP contribution in [0.15, 0.2) is 18.2 Å². The molecule has 1 aromatic carbocycles. The van der Waals surface area contributed by atoms with Crippen LogP contribution >= 0.6 is 11.6 Å². The average Bonchev–Trinajstić information content (AvgIpc) is 2.95. The molecule has 4 nitrogen and oxygen atoms in total. The van der Waals surface area contributed by atoms with E-state index in [9.17, 15) is 5.11 Å². The van der Waals surface area contributed by atoms with E-state index in [-0.39, 0.29) is 12.0 Å². The lowest BCUT2D eigenvalue weighted by molar-refractivity contribution is -0.108. The molecule has 2 aliphatic rings. The quantitative estimate of drug-likeness (QED) is 0.910. The zero-order valence-corrected chi connectivity index (χ0v) is 13.5. The van der Waals surface area contributed by atoms with Gasteiger partial charge in [-0.15, -0.1) is 0 Å². The summed E-state index contributed by atoms with van der Waals surface area (Å²) >= 11 is 6.17. The Hall–Kier alpha value is -1.28. The van der Waals surface area contributed by atoms with Crippen LogP contribution in [0.5, 0.6) is 0 Å². The van der Waals surface area contributed by atoms with Gasteiger partial charge in [0.05, 0.1) is 22.8 Å². The number of nitrogens with zero attached hydrogens (tertiary/aromatic N) is 2. The van der Waals surface area contributed by atoms with E-state index in [1.54, 1.807) is 6.07 Å². The highest BCUT2D eigenvalue weighted by Gasteiger charge is 2.44. The molecule has 2 heterocycles. The smallest absolute Gasteiger partial charge is 0.101 e. The Morgan fingerprint density at radius 3 is 3.00 bits per heavy atom. The van der Waals surface area contributed by atoms with E-state index in [4.69, 9.17) is 21.6 Å². The molecule has 2 aliphatic heterocycles. The molecule has 0 spiro atoms. The van der Waals surface area contributed by atoms with Gasteiger partial charge < -0.3 is 14.7 Å². The topological polar surface area (TPSA) is 56.5 Å². The first kappa shape index (κ1) is 15.6. The lowest BCUT2D eigenvalue weighted by atomic mass is 9.79. The van der Waals surface area contributed by atoms with Crippen molar-refractivity contribution in [2.24, 2.45) is 5.92 Å². The molecule has 2 fully saturated rings. The molecule has 1 aromatic rings. The molecule has 0 aromatic heterocycles. The zero-order chi connectivity index (χ0) is 15.7. The third-order valence-electron chi connectivity index (χ3n) is 5.02. The maximum Gasteiger partial charge on any atom is 0.101 e. The van der Waals surface area contributed by atoms with Crippen LogP contribution in [0.4, 0.5) is 5.69 Å². The third-order valence-corrected chi connectivity index (χ3v) is 5.33.